The van der Waals surface area contributed by atoms with Crippen molar-refractivity contribution in [2.24, 2.45) is 0 Å². The van der Waals surface area contributed by atoms with Crippen LogP contribution in [0.1, 0.15) is 28.2 Å². The van der Waals surface area contributed by atoms with Gasteiger partial charge < -0.3 is 19.6 Å². The molecule has 7 heteroatoms. The summed E-state index contributed by atoms with van der Waals surface area (Å²) in [5.74, 6) is 0.0420. The van der Waals surface area contributed by atoms with E-state index >= 15 is 0 Å². The Balaban J connectivity index is 1.53. The van der Waals surface area contributed by atoms with Crippen LogP contribution in [0.5, 0.6) is 0 Å². The normalized spacial score (nSPS) is 17.7. The molecule has 1 aromatic carbocycles. The quantitative estimate of drug-likeness (QED) is 0.897. The fourth-order valence-corrected chi connectivity index (χ4v) is 3.61. The molecule has 0 spiro atoms. The molecule has 0 unspecified atom stereocenters. The van der Waals surface area contributed by atoms with Gasteiger partial charge in [0.2, 0.25) is 0 Å². The summed E-state index contributed by atoms with van der Waals surface area (Å²) in [4.78, 5) is 17.2. The number of carbonyl (C=O) groups excluding carboxylic acids is 1. The highest BCUT2D eigenvalue weighted by atomic mass is 16.5. The third-order valence-corrected chi connectivity index (χ3v) is 4.98. The van der Waals surface area contributed by atoms with E-state index in [0.29, 0.717) is 24.3 Å². The Hall–Kier alpha value is -2.38. The van der Waals surface area contributed by atoms with Gasteiger partial charge in [-0.3, -0.25) is 9.48 Å². The van der Waals surface area contributed by atoms with E-state index in [4.69, 9.17) is 4.74 Å². The Labute approximate surface area is 152 Å². The van der Waals surface area contributed by atoms with Crippen molar-refractivity contribution in [1.29, 1.82) is 0 Å². The molecule has 0 bridgehead atoms. The third-order valence-electron chi connectivity index (χ3n) is 4.98. The number of aromatic nitrogens is 2. The maximum Gasteiger partial charge on any atom is 0.254 e. The Morgan fingerprint density at radius 1 is 1.15 bits per heavy atom. The molecule has 3 heterocycles. The number of aryl methyl sites for hydroxylation is 1. The standard InChI is InChI=1S/C19H24N4O3/c24-14-16-12-18-13-22(5-2-6-23(18)20-16)19(25)15-3-1-4-17(11-15)21-7-9-26-10-8-21/h1,3-4,11-12,24H,2,5-10,13-14H2. The molecule has 26 heavy (non-hydrogen) atoms. The number of anilines is 1. The molecule has 138 valence electrons. The van der Waals surface area contributed by atoms with E-state index < -0.39 is 0 Å². The van der Waals surface area contributed by atoms with Crippen LogP contribution >= 0.6 is 0 Å². The molecule has 2 aliphatic rings. The highest BCUT2D eigenvalue weighted by Gasteiger charge is 2.22. The lowest BCUT2D eigenvalue weighted by Crippen LogP contribution is -2.36. The van der Waals surface area contributed by atoms with Gasteiger partial charge >= 0.3 is 0 Å². The zero-order valence-electron chi connectivity index (χ0n) is 14.8. The topological polar surface area (TPSA) is 70.8 Å². The van der Waals surface area contributed by atoms with E-state index in [9.17, 15) is 9.90 Å². The average Bonchev–Trinajstić information content (AvgIpc) is 2.99. The highest BCUT2D eigenvalue weighted by Crippen LogP contribution is 2.21. The fraction of sp³-hybridized carbons (Fsp3) is 0.474. The van der Waals surface area contributed by atoms with Crippen LogP contribution in [0.25, 0.3) is 0 Å². The lowest BCUT2D eigenvalue weighted by molar-refractivity contribution is 0.0745. The monoisotopic (exact) mass is 356 g/mol. The minimum atomic E-state index is -0.0739. The molecule has 1 N–H and O–H groups in total. The Kier molecular flexibility index (Phi) is 4.90. The van der Waals surface area contributed by atoms with Gasteiger partial charge in [0.25, 0.3) is 5.91 Å². The van der Waals surface area contributed by atoms with E-state index in [1.807, 2.05) is 39.9 Å². The van der Waals surface area contributed by atoms with Crippen molar-refractivity contribution in [2.45, 2.75) is 26.1 Å². The number of fused-ring (bicyclic) bond motifs is 1. The molecular weight excluding hydrogens is 332 g/mol. The third kappa shape index (κ3) is 3.45. The van der Waals surface area contributed by atoms with Gasteiger partial charge in [-0.25, -0.2) is 0 Å². The van der Waals surface area contributed by atoms with E-state index in [0.717, 1.165) is 50.7 Å². The summed E-state index contributed by atoms with van der Waals surface area (Å²) in [6.45, 7) is 5.08. The first-order valence-electron chi connectivity index (χ1n) is 9.13. The first kappa shape index (κ1) is 17.1. The molecule has 1 aromatic heterocycles. The number of hydrogen-bond acceptors (Lipinski definition) is 5. The van der Waals surface area contributed by atoms with Gasteiger partial charge in [-0.2, -0.15) is 5.10 Å². The number of aliphatic hydroxyl groups is 1. The van der Waals surface area contributed by atoms with Crippen LogP contribution in [0.2, 0.25) is 0 Å². The summed E-state index contributed by atoms with van der Waals surface area (Å²) in [7, 11) is 0. The summed E-state index contributed by atoms with van der Waals surface area (Å²) < 4.78 is 7.32. The van der Waals surface area contributed by atoms with E-state index in [-0.39, 0.29) is 12.5 Å². The van der Waals surface area contributed by atoms with Crippen LogP contribution in [0, 0.1) is 0 Å². The van der Waals surface area contributed by atoms with Gasteiger partial charge in [0, 0.05) is 37.4 Å². The number of carbonyl (C=O) groups is 1. The Morgan fingerprint density at radius 3 is 2.81 bits per heavy atom. The maximum absolute atomic E-state index is 13.1. The van der Waals surface area contributed by atoms with Crippen molar-refractivity contribution in [3.63, 3.8) is 0 Å². The van der Waals surface area contributed by atoms with Crippen molar-refractivity contribution in [3.8, 4) is 0 Å². The van der Waals surface area contributed by atoms with Crippen LogP contribution in [-0.4, -0.2) is 58.5 Å². The molecule has 1 saturated heterocycles. The largest absolute Gasteiger partial charge is 0.390 e. The van der Waals surface area contributed by atoms with Crippen molar-refractivity contribution < 1.29 is 14.6 Å². The van der Waals surface area contributed by atoms with Crippen molar-refractivity contribution in [3.05, 3.63) is 47.3 Å². The summed E-state index contributed by atoms with van der Waals surface area (Å²) in [5, 5.41) is 13.7. The minimum absolute atomic E-state index is 0.0420. The summed E-state index contributed by atoms with van der Waals surface area (Å²) >= 11 is 0. The number of morpholine rings is 1. The van der Waals surface area contributed by atoms with Gasteiger partial charge in [0.15, 0.2) is 0 Å². The molecule has 2 aliphatic heterocycles. The summed E-state index contributed by atoms with van der Waals surface area (Å²) in [6, 6.07) is 9.75. The molecule has 0 atom stereocenters. The van der Waals surface area contributed by atoms with Crippen molar-refractivity contribution >= 4 is 11.6 Å². The number of hydrogen-bond donors (Lipinski definition) is 1. The summed E-state index contributed by atoms with van der Waals surface area (Å²) in [6.07, 6.45) is 0.856. The van der Waals surface area contributed by atoms with Crippen LogP contribution in [0.3, 0.4) is 0 Å². The SMILES string of the molecule is O=C(c1cccc(N2CCOCC2)c1)N1CCCn2nc(CO)cc2C1. The molecule has 1 fully saturated rings. The van der Waals surface area contributed by atoms with Gasteiger partial charge in [0.1, 0.15) is 0 Å². The van der Waals surface area contributed by atoms with E-state index in [1.165, 1.54) is 0 Å². The lowest BCUT2D eigenvalue weighted by Gasteiger charge is -2.29. The summed E-state index contributed by atoms with van der Waals surface area (Å²) in [5.41, 5.74) is 3.42. The first-order valence-corrected chi connectivity index (χ1v) is 9.13. The molecule has 0 radical (unpaired) electrons. The second kappa shape index (κ2) is 7.47. The predicted molar refractivity (Wildman–Crippen MR) is 97.0 cm³/mol. The molecule has 7 nitrogen and oxygen atoms in total. The molecule has 2 aromatic rings. The van der Waals surface area contributed by atoms with Gasteiger partial charge in [-0.1, -0.05) is 6.07 Å². The van der Waals surface area contributed by atoms with Gasteiger partial charge in [0.05, 0.1) is 37.8 Å². The molecular formula is C19H24N4O3. The Morgan fingerprint density at radius 2 is 2.00 bits per heavy atom. The second-order valence-corrected chi connectivity index (χ2v) is 6.74. The van der Waals surface area contributed by atoms with Gasteiger partial charge in [-0.15, -0.1) is 0 Å². The van der Waals surface area contributed by atoms with Crippen molar-refractivity contribution in [2.75, 3.05) is 37.7 Å². The van der Waals surface area contributed by atoms with Crippen LogP contribution < -0.4 is 4.90 Å². The van der Waals surface area contributed by atoms with Crippen molar-refractivity contribution in [1.82, 2.24) is 14.7 Å². The number of nitrogens with zero attached hydrogens (tertiary/aromatic N) is 4. The number of benzene rings is 1. The number of amides is 1. The molecule has 1 amide bonds. The fourth-order valence-electron chi connectivity index (χ4n) is 3.61. The van der Waals surface area contributed by atoms with Gasteiger partial charge in [-0.05, 0) is 30.7 Å². The van der Waals surface area contributed by atoms with Crippen LogP contribution in [0.4, 0.5) is 5.69 Å². The minimum Gasteiger partial charge on any atom is -0.390 e. The zero-order valence-corrected chi connectivity index (χ0v) is 14.8. The number of rotatable bonds is 3. The smallest absolute Gasteiger partial charge is 0.254 e. The molecule has 0 aliphatic carbocycles. The molecule has 0 saturated carbocycles. The first-order chi connectivity index (χ1) is 12.7. The number of aliphatic hydroxyl groups excluding tert-OH is 1. The van der Waals surface area contributed by atoms with E-state index in [1.54, 1.807) is 0 Å². The van der Waals surface area contributed by atoms with Crippen LogP contribution in [-0.2, 0) is 24.4 Å². The maximum atomic E-state index is 13.1. The predicted octanol–water partition coefficient (Wildman–Crippen LogP) is 1.26. The highest BCUT2D eigenvalue weighted by molar-refractivity contribution is 5.95. The second-order valence-electron chi connectivity index (χ2n) is 6.74. The van der Waals surface area contributed by atoms with E-state index in [2.05, 4.69) is 10.00 Å². The average molecular weight is 356 g/mol. The Bertz CT molecular complexity index is 783. The number of ether oxygens (including phenoxy) is 1. The lowest BCUT2D eigenvalue weighted by atomic mass is 10.1. The zero-order chi connectivity index (χ0) is 17.9. The molecule has 4 rings (SSSR count). The van der Waals surface area contributed by atoms with Crippen LogP contribution in [0.15, 0.2) is 30.3 Å².